The highest BCUT2D eigenvalue weighted by Gasteiger charge is 2.07. The normalized spacial score (nSPS) is 12.7. The molecule has 3 heterocycles. The summed E-state index contributed by atoms with van der Waals surface area (Å²) in [4.78, 5) is 4.51. The summed E-state index contributed by atoms with van der Waals surface area (Å²) in [6.45, 7) is 2.86. The van der Waals surface area contributed by atoms with E-state index < -0.39 is 0 Å². The summed E-state index contributed by atoms with van der Waals surface area (Å²) in [6, 6.07) is 2.11. The molecule has 0 aromatic carbocycles. The van der Waals surface area contributed by atoms with Crippen molar-refractivity contribution in [1.82, 2.24) is 29.4 Å². The lowest BCUT2D eigenvalue weighted by molar-refractivity contribution is 0.615. The zero-order valence-electron chi connectivity index (χ0n) is 10.2. The van der Waals surface area contributed by atoms with Crippen LogP contribution in [-0.2, 0) is 6.54 Å². The van der Waals surface area contributed by atoms with Gasteiger partial charge in [0.05, 0.1) is 10.7 Å². The molecule has 0 fully saturated rings. The molecule has 8 heteroatoms. The Hall–Kier alpha value is -1.96. The third-order valence-corrected chi connectivity index (χ3v) is 3.23. The third kappa shape index (κ3) is 2.58. The minimum atomic E-state index is 0.215. The minimum absolute atomic E-state index is 0.215. The molecule has 98 valence electrons. The van der Waals surface area contributed by atoms with Crippen LogP contribution in [-0.4, -0.2) is 35.4 Å². The molecule has 0 aliphatic heterocycles. The first kappa shape index (κ1) is 12.1. The number of rotatable bonds is 4. The summed E-state index contributed by atoms with van der Waals surface area (Å²) in [5.74, 6) is 0.814. The molecule has 1 unspecified atom stereocenters. The Bertz CT molecular complexity index is 675. The second-order valence-corrected chi connectivity index (χ2v) is 5.13. The topological polar surface area (TPSA) is 72.9 Å². The van der Waals surface area contributed by atoms with Gasteiger partial charge in [0.15, 0.2) is 5.65 Å². The second-order valence-electron chi connectivity index (χ2n) is 4.28. The number of anilines is 1. The van der Waals surface area contributed by atoms with Gasteiger partial charge in [-0.3, -0.25) is 0 Å². The SMILES string of the molecule is CC(Cn1cnnc1)Nc1ccn2ncc(Br)c2n1. The van der Waals surface area contributed by atoms with Crippen LogP contribution in [0.15, 0.2) is 35.6 Å². The number of hydrogen-bond donors (Lipinski definition) is 1. The van der Waals surface area contributed by atoms with Crippen LogP contribution in [0.2, 0.25) is 0 Å². The van der Waals surface area contributed by atoms with E-state index in [1.54, 1.807) is 23.4 Å². The molecular formula is C11H12BrN7. The largest absolute Gasteiger partial charge is 0.366 e. The number of hydrogen-bond acceptors (Lipinski definition) is 5. The maximum atomic E-state index is 4.51. The van der Waals surface area contributed by atoms with E-state index in [0.717, 1.165) is 22.5 Å². The standard InChI is InChI=1S/C11H12BrN7/c1-8(5-18-6-13-14-7-18)16-10-2-3-19-11(17-10)9(12)4-15-19/h2-4,6-8H,5H2,1H3,(H,16,17). The lowest BCUT2D eigenvalue weighted by Crippen LogP contribution is -2.22. The lowest BCUT2D eigenvalue weighted by Gasteiger charge is -2.14. The molecule has 3 rings (SSSR count). The molecule has 1 atom stereocenters. The van der Waals surface area contributed by atoms with E-state index in [9.17, 15) is 0 Å². The maximum absolute atomic E-state index is 4.51. The molecule has 0 bridgehead atoms. The molecule has 19 heavy (non-hydrogen) atoms. The van der Waals surface area contributed by atoms with Crippen LogP contribution in [0.1, 0.15) is 6.92 Å². The highest BCUT2D eigenvalue weighted by atomic mass is 79.9. The first-order chi connectivity index (χ1) is 9.22. The van der Waals surface area contributed by atoms with E-state index in [4.69, 9.17) is 0 Å². The zero-order valence-corrected chi connectivity index (χ0v) is 11.8. The predicted molar refractivity (Wildman–Crippen MR) is 73.8 cm³/mol. The zero-order chi connectivity index (χ0) is 13.2. The van der Waals surface area contributed by atoms with Gasteiger partial charge in [-0.05, 0) is 28.9 Å². The summed E-state index contributed by atoms with van der Waals surface area (Å²) in [6.07, 6.45) is 7.00. The summed E-state index contributed by atoms with van der Waals surface area (Å²) in [5.41, 5.74) is 0.793. The highest BCUT2D eigenvalue weighted by Crippen LogP contribution is 2.17. The number of fused-ring (bicyclic) bond motifs is 1. The summed E-state index contributed by atoms with van der Waals surface area (Å²) in [5, 5.41) is 15.1. The molecule has 3 aromatic rings. The molecule has 1 N–H and O–H groups in total. The first-order valence-electron chi connectivity index (χ1n) is 5.81. The van der Waals surface area contributed by atoms with Crippen LogP contribution in [0.25, 0.3) is 5.65 Å². The molecule has 0 aliphatic rings. The van der Waals surface area contributed by atoms with E-state index in [-0.39, 0.29) is 6.04 Å². The van der Waals surface area contributed by atoms with E-state index in [2.05, 4.69) is 48.5 Å². The summed E-state index contributed by atoms with van der Waals surface area (Å²) in [7, 11) is 0. The Morgan fingerprint density at radius 3 is 2.95 bits per heavy atom. The van der Waals surface area contributed by atoms with Gasteiger partial charge in [0.25, 0.3) is 0 Å². The van der Waals surface area contributed by atoms with Gasteiger partial charge in [-0.1, -0.05) is 0 Å². The average Bonchev–Trinajstić information content (AvgIpc) is 3.00. The number of nitrogens with one attached hydrogen (secondary N) is 1. The Kier molecular flexibility index (Phi) is 3.16. The van der Waals surface area contributed by atoms with Crippen LogP contribution < -0.4 is 5.32 Å². The third-order valence-electron chi connectivity index (χ3n) is 2.67. The van der Waals surface area contributed by atoms with Crippen LogP contribution in [0.4, 0.5) is 5.82 Å². The van der Waals surface area contributed by atoms with E-state index in [1.165, 1.54) is 0 Å². The number of aromatic nitrogens is 6. The predicted octanol–water partition coefficient (Wildman–Crippen LogP) is 1.58. The van der Waals surface area contributed by atoms with Crippen LogP contribution in [0.3, 0.4) is 0 Å². The molecule has 7 nitrogen and oxygen atoms in total. The fraction of sp³-hybridized carbons (Fsp3) is 0.273. The highest BCUT2D eigenvalue weighted by molar-refractivity contribution is 9.10. The van der Waals surface area contributed by atoms with Gasteiger partial charge in [-0.25, -0.2) is 9.50 Å². The molecule has 3 aromatic heterocycles. The summed E-state index contributed by atoms with van der Waals surface area (Å²) >= 11 is 3.42. The fourth-order valence-corrected chi connectivity index (χ4v) is 2.21. The van der Waals surface area contributed by atoms with E-state index >= 15 is 0 Å². The quantitative estimate of drug-likeness (QED) is 0.789. The monoisotopic (exact) mass is 321 g/mol. The van der Waals surface area contributed by atoms with Crippen LogP contribution in [0.5, 0.6) is 0 Å². The van der Waals surface area contributed by atoms with Gasteiger partial charge in [0.2, 0.25) is 0 Å². The lowest BCUT2D eigenvalue weighted by atomic mass is 10.3. The smallest absolute Gasteiger partial charge is 0.171 e. The molecule has 0 aliphatic carbocycles. The Morgan fingerprint density at radius 2 is 2.16 bits per heavy atom. The number of nitrogens with zero attached hydrogens (tertiary/aromatic N) is 6. The molecule has 0 saturated heterocycles. The second kappa shape index (κ2) is 4.96. The Labute approximate surface area is 117 Å². The van der Waals surface area contributed by atoms with Gasteiger partial charge in [-0.2, -0.15) is 5.10 Å². The molecule has 0 spiro atoms. The van der Waals surface area contributed by atoms with Crippen molar-refractivity contribution in [2.24, 2.45) is 0 Å². The molecular weight excluding hydrogens is 310 g/mol. The summed E-state index contributed by atoms with van der Waals surface area (Å²) < 4.78 is 4.52. The van der Waals surface area contributed by atoms with Crippen LogP contribution >= 0.6 is 15.9 Å². The van der Waals surface area contributed by atoms with E-state index in [0.29, 0.717) is 0 Å². The van der Waals surface area contributed by atoms with Gasteiger partial charge < -0.3 is 9.88 Å². The van der Waals surface area contributed by atoms with Gasteiger partial charge >= 0.3 is 0 Å². The van der Waals surface area contributed by atoms with Crippen molar-refractivity contribution in [2.45, 2.75) is 19.5 Å². The van der Waals surface area contributed by atoms with Gasteiger partial charge in [-0.15, -0.1) is 10.2 Å². The maximum Gasteiger partial charge on any atom is 0.171 e. The fourth-order valence-electron chi connectivity index (χ4n) is 1.85. The minimum Gasteiger partial charge on any atom is -0.366 e. The van der Waals surface area contributed by atoms with Crippen molar-refractivity contribution in [3.05, 3.63) is 35.6 Å². The van der Waals surface area contributed by atoms with Crippen molar-refractivity contribution >= 4 is 27.4 Å². The number of halogens is 1. The van der Waals surface area contributed by atoms with Crippen LogP contribution in [0, 0.1) is 0 Å². The van der Waals surface area contributed by atoms with Gasteiger partial charge in [0.1, 0.15) is 18.5 Å². The van der Waals surface area contributed by atoms with Crippen molar-refractivity contribution < 1.29 is 0 Å². The van der Waals surface area contributed by atoms with Gasteiger partial charge in [0, 0.05) is 18.8 Å². The molecule has 0 saturated carbocycles. The van der Waals surface area contributed by atoms with Crippen molar-refractivity contribution in [2.75, 3.05) is 5.32 Å². The van der Waals surface area contributed by atoms with E-state index in [1.807, 2.05) is 16.8 Å². The Balaban J connectivity index is 1.75. The average molecular weight is 322 g/mol. The van der Waals surface area contributed by atoms with Crippen molar-refractivity contribution in [3.63, 3.8) is 0 Å². The van der Waals surface area contributed by atoms with Crippen molar-refractivity contribution in [3.8, 4) is 0 Å². The van der Waals surface area contributed by atoms with Crippen molar-refractivity contribution in [1.29, 1.82) is 0 Å². The Morgan fingerprint density at radius 1 is 1.37 bits per heavy atom. The molecule has 0 amide bonds. The molecule has 0 radical (unpaired) electrons. The first-order valence-corrected chi connectivity index (χ1v) is 6.60.